The normalized spacial score (nSPS) is 11.7. The van der Waals surface area contributed by atoms with Crippen LogP contribution in [0, 0.1) is 0 Å². The summed E-state index contributed by atoms with van der Waals surface area (Å²) in [6.07, 6.45) is 0.465. The van der Waals surface area contributed by atoms with Crippen LogP contribution in [0.1, 0.15) is 25.8 Å². The summed E-state index contributed by atoms with van der Waals surface area (Å²) in [5.74, 6) is -0.412. The summed E-state index contributed by atoms with van der Waals surface area (Å²) in [4.78, 5) is 22.9. The highest BCUT2D eigenvalue weighted by atomic mass is 16.5. The lowest BCUT2D eigenvalue weighted by Gasteiger charge is -2.08. The molecule has 104 valence electrons. The summed E-state index contributed by atoms with van der Waals surface area (Å²) in [5.41, 5.74) is 7.02. The van der Waals surface area contributed by atoms with Crippen LogP contribution in [0.3, 0.4) is 0 Å². The van der Waals surface area contributed by atoms with Crippen molar-refractivity contribution >= 4 is 17.6 Å². The van der Waals surface area contributed by atoms with Gasteiger partial charge in [0.2, 0.25) is 5.91 Å². The lowest BCUT2D eigenvalue weighted by atomic mass is 10.1. The van der Waals surface area contributed by atoms with Crippen molar-refractivity contribution in [2.45, 2.75) is 32.7 Å². The molecule has 0 radical (unpaired) electrons. The molecule has 1 aromatic carbocycles. The van der Waals surface area contributed by atoms with Crippen LogP contribution in [0.2, 0.25) is 0 Å². The van der Waals surface area contributed by atoms with E-state index < -0.39 is 0 Å². The smallest absolute Gasteiger partial charge is 0.310 e. The van der Waals surface area contributed by atoms with Crippen molar-refractivity contribution in [1.29, 1.82) is 0 Å². The van der Waals surface area contributed by atoms with E-state index in [2.05, 4.69) is 5.32 Å². The van der Waals surface area contributed by atoms with Crippen LogP contribution in [0.5, 0.6) is 0 Å². The van der Waals surface area contributed by atoms with E-state index in [0.717, 1.165) is 5.56 Å². The molecule has 0 aliphatic rings. The Morgan fingerprint density at radius 3 is 2.79 bits per heavy atom. The van der Waals surface area contributed by atoms with Crippen LogP contribution < -0.4 is 11.1 Å². The maximum Gasteiger partial charge on any atom is 0.310 e. The average molecular weight is 264 g/mol. The third-order valence-electron chi connectivity index (χ3n) is 2.37. The van der Waals surface area contributed by atoms with Gasteiger partial charge >= 0.3 is 5.97 Å². The number of anilines is 1. The maximum absolute atomic E-state index is 11.6. The molecule has 1 rings (SSSR count). The molecule has 1 unspecified atom stereocenters. The van der Waals surface area contributed by atoms with E-state index >= 15 is 0 Å². The first-order chi connectivity index (χ1) is 9.01. The first-order valence-electron chi connectivity index (χ1n) is 6.31. The predicted molar refractivity (Wildman–Crippen MR) is 73.7 cm³/mol. The molecule has 0 fully saturated rings. The van der Waals surface area contributed by atoms with Gasteiger partial charge in [0.15, 0.2) is 0 Å². The highest BCUT2D eigenvalue weighted by Gasteiger charge is 2.07. The Morgan fingerprint density at radius 1 is 1.42 bits per heavy atom. The van der Waals surface area contributed by atoms with E-state index in [1.165, 1.54) is 0 Å². The van der Waals surface area contributed by atoms with Crippen LogP contribution in [-0.4, -0.2) is 24.5 Å². The molecule has 0 aromatic heterocycles. The second-order valence-corrected chi connectivity index (χ2v) is 4.41. The van der Waals surface area contributed by atoms with Crippen LogP contribution in [-0.2, 0) is 20.7 Å². The van der Waals surface area contributed by atoms with Gasteiger partial charge in [-0.25, -0.2) is 0 Å². The molecule has 5 heteroatoms. The SMILES string of the molecule is CCOC(=O)Cc1cccc(NC(=O)CC(C)N)c1. The lowest BCUT2D eigenvalue weighted by Crippen LogP contribution is -2.24. The molecule has 19 heavy (non-hydrogen) atoms. The number of amides is 1. The molecule has 0 bridgehead atoms. The number of nitrogens with one attached hydrogen (secondary N) is 1. The van der Waals surface area contributed by atoms with E-state index in [4.69, 9.17) is 10.5 Å². The molecular formula is C14H20N2O3. The Hall–Kier alpha value is -1.88. The number of benzene rings is 1. The number of esters is 1. The number of carbonyl (C=O) groups excluding carboxylic acids is 2. The number of ether oxygens (including phenoxy) is 1. The molecule has 1 aromatic rings. The minimum Gasteiger partial charge on any atom is -0.466 e. The molecule has 1 amide bonds. The third-order valence-corrected chi connectivity index (χ3v) is 2.37. The average Bonchev–Trinajstić information content (AvgIpc) is 2.28. The molecular weight excluding hydrogens is 244 g/mol. The van der Waals surface area contributed by atoms with E-state index in [0.29, 0.717) is 12.3 Å². The molecule has 0 heterocycles. The molecule has 5 nitrogen and oxygen atoms in total. The highest BCUT2D eigenvalue weighted by Crippen LogP contribution is 2.12. The van der Waals surface area contributed by atoms with E-state index in [9.17, 15) is 9.59 Å². The minimum absolute atomic E-state index is 0.136. The van der Waals surface area contributed by atoms with Gasteiger partial charge in [-0.1, -0.05) is 12.1 Å². The summed E-state index contributed by atoms with van der Waals surface area (Å²) in [6, 6.07) is 6.96. The Labute approximate surface area is 113 Å². The summed E-state index contributed by atoms with van der Waals surface area (Å²) in [7, 11) is 0. The molecule has 0 spiro atoms. The summed E-state index contributed by atoms with van der Waals surface area (Å²) >= 11 is 0. The second-order valence-electron chi connectivity index (χ2n) is 4.41. The van der Waals surface area contributed by atoms with Crippen LogP contribution in [0.25, 0.3) is 0 Å². The van der Waals surface area contributed by atoms with Gasteiger partial charge in [-0.2, -0.15) is 0 Å². The fourth-order valence-electron chi connectivity index (χ4n) is 1.64. The fourth-order valence-corrected chi connectivity index (χ4v) is 1.64. The van der Waals surface area contributed by atoms with E-state index in [-0.39, 0.29) is 30.8 Å². The number of rotatable bonds is 6. The number of hydrogen-bond acceptors (Lipinski definition) is 4. The Kier molecular flexibility index (Phi) is 6.02. The third kappa shape index (κ3) is 6.01. The number of nitrogens with two attached hydrogens (primary N) is 1. The van der Waals surface area contributed by atoms with Gasteiger partial charge < -0.3 is 15.8 Å². The molecule has 0 saturated heterocycles. The van der Waals surface area contributed by atoms with Gasteiger partial charge in [0.25, 0.3) is 0 Å². The minimum atomic E-state index is -0.276. The summed E-state index contributed by atoms with van der Waals surface area (Å²) in [6.45, 7) is 3.91. The van der Waals surface area contributed by atoms with Crippen molar-refractivity contribution in [2.24, 2.45) is 5.73 Å². The monoisotopic (exact) mass is 264 g/mol. The van der Waals surface area contributed by atoms with Crippen molar-refractivity contribution in [3.8, 4) is 0 Å². The zero-order chi connectivity index (χ0) is 14.3. The first kappa shape index (κ1) is 15.2. The maximum atomic E-state index is 11.6. The van der Waals surface area contributed by atoms with Crippen molar-refractivity contribution in [2.75, 3.05) is 11.9 Å². The van der Waals surface area contributed by atoms with Gasteiger partial charge in [0.1, 0.15) is 0 Å². The van der Waals surface area contributed by atoms with Crippen molar-refractivity contribution in [3.63, 3.8) is 0 Å². The zero-order valence-electron chi connectivity index (χ0n) is 11.3. The van der Waals surface area contributed by atoms with E-state index in [1.54, 1.807) is 32.0 Å². The first-order valence-corrected chi connectivity index (χ1v) is 6.31. The topological polar surface area (TPSA) is 81.4 Å². The van der Waals surface area contributed by atoms with Crippen LogP contribution in [0.15, 0.2) is 24.3 Å². The summed E-state index contributed by atoms with van der Waals surface area (Å²) in [5, 5.41) is 2.75. The number of hydrogen-bond donors (Lipinski definition) is 2. The van der Waals surface area contributed by atoms with Gasteiger partial charge in [-0.3, -0.25) is 9.59 Å². The zero-order valence-corrected chi connectivity index (χ0v) is 11.3. The Morgan fingerprint density at radius 2 is 2.16 bits per heavy atom. The largest absolute Gasteiger partial charge is 0.466 e. The lowest BCUT2D eigenvalue weighted by molar-refractivity contribution is -0.142. The van der Waals surface area contributed by atoms with Gasteiger partial charge in [0, 0.05) is 18.2 Å². The molecule has 0 aliphatic heterocycles. The Bertz CT molecular complexity index is 444. The number of carbonyl (C=O) groups is 2. The van der Waals surface area contributed by atoms with Gasteiger partial charge in [-0.05, 0) is 31.5 Å². The molecule has 0 saturated carbocycles. The molecule has 0 aliphatic carbocycles. The molecule has 1 atom stereocenters. The highest BCUT2D eigenvalue weighted by molar-refractivity contribution is 5.91. The quantitative estimate of drug-likeness (QED) is 0.762. The van der Waals surface area contributed by atoms with E-state index in [1.807, 2.05) is 6.07 Å². The Balaban J connectivity index is 2.61. The van der Waals surface area contributed by atoms with Gasteiger partial charge in [0.05, 0.1) is 13.0 Å². The second kappa shape index (κ2) is 7.53. The summed E-state index contributed by atoms with van der Waals surface area (Å²) < 4.78 is 4.88. The van der Waals surface area contributed by atoms with Crippen LogP contribution >= 0.6 is 0 Å². The van der Waals surface area contributed by atoms with Crippen molar-refractivity contribution in [3.05, 3.63) is 29.8 Å². The van der Waals surface area contributed by atoms with Crippen molar-refractivity contribution in [1.82, 2.24) is 0 Å². The van der Waals surface area contributed by atoms with Crippen LogP contribution in [0.4, 0.5) is 5.69 Å². The van der Waals surface area contributed by atoms with Gasteiger partial charge in [-0.15, -0.1) is 0 Å². The predicted octanol–water partition coefficient (Wildman–Crippen LogP) is 1.47. The van der Waals surface area contributed by atoms with Crippen molar-refractivity contribution < 1.29 is 14.3 Å². The standard InChI is InChI=1S/C14H20N2O3/c1-3-19-14(18)9-11-5-4-6-12(8-11)16-13(17)7-10(2)15/h4-6,8,10H,3,7,9,15H2,1-2H3,(H,16,17). The molecule has 3 N–H and O–H groups in total. The fraction of sp³-hybridized carbons (Fsp3) is 0.429.